The van der Waals surface area contributed by atoms with Crippen LogP contribution in [0.3, 0.4) is 0 Å². The fraction of sp³-hybridized carbons (Fsp3) is 1.00. The van der Waals surface area contributed by atoms with Crippen molar-refractivity contribution in [2.24, 2.45) is 5.41 Å². The smallest absolute Gasteiger partial charge is 0.00674 e. The summed E-state index contributed by atoms with van der Waals surface area (Å²) in [7, 11) is 0. The van der Waals surface area contributed by atoms with Gasteiger partial charge in [-0.25, -0.2) is 0 Å². The monoisotopic (exact) mass is 183 g/mol. The van der Waals surface area contributed by atoms with Crippen molar-refractivity contribution in [3.8, 4) is 0 Å². The molecule has 1 heterocycles. The first-order valence-corrected chi connectivity index (χ1v) is 5.73. The SMILES string of the molecule is C[C@H]1CCCN1CCCC(C)(C)C. The van der Waals surface area contributed by atoms with Gasteiger partial charge >= 0.3 is 0 Å². The quantitative estimate of drug-likeness (QED) is 0.649. The van der Waals surface area contributed by atoms with E-state index >= 15 is 0 Å². The van der Waals surface area contributed by atoms with Crippen LogP contribution in [0.2, 0.25) is 0 Å². The fourth-order valence-corrected chi connectivity index (χ4v) is 2.14. The number of likely N-dealkylation sites (tertiary alicyclic amines) is 1. The summed E-state index contributed by atoms with van der Waals surface area (Å²) in [5, 5.41) is 0. The third-order valence-corrected chi connectivity index (χ3v) is 3.06. The molecule has 78 valence electrons. The molecule has 1 saturated heterocycles. The molecule has 0 spiro atoms. The molecule has 0 aromatic heterocycles. The lowest BCUT2D eigenvalue weighted by molar-refractivity contribution is 0.243. The highest BCUT2D eigenvalue weighted by Crippen LogP contribution is 2.22. The van der Waals surface area contributed by atoms with Gasteiger partial charge in [0.25, 0.3) is 0 Å². The second-order valence-corrected chi connectivity index (χ2v) is 5.69. The molecule has 1 aliphatic heterocycles. The van der Waals surface area contributed by atoms with E-state index in [-0.39, 0.29) is 0 Å². The average molecular weight is 183 g/mol. The minimum Gasteiger partial charge on any atom is -0.301 e. The summed E-state index contributed by atoms with van der Waals surface area (Å²) in [5.41, 5.74) is 0.517. The van der Waals surface area contributed by atoms with E-state index < -0.39 is 0 Å². The molecule has 0 bridgehead atoms. The van der Waals surface area contributed by atoms with E-state index in [1.807, 2.05) is 0 Å². The van der Waals surface area contributed by atoms with Crippen molar-refractivity contribution in [2.45, 2.75) is 59.4 Å². The van der Waals surface area contributed by atoms with Gasteiger partial charge in [0.1, 0.15) is 0 Å². The Morgan fingerprint density at radius 1 is 1.31 bits per heavy atom. The van der Waals surface area contributed by atoms with E-state index in [1.54, 1.807) is 0 Å². The molecule has 0 unspecified atom stereocenters. The van der Waals surface area contributed by atoms with Gasteiger partial charge in [-0.3, -0.25) is 0 Å². The molecule has 0 saturated carbocycles. The average Bonchev–Trinajstić information content (AvgIpc) is 2.34. The zero-order valence-corrected chi connectivity index (χ0v) is 9.77. The van der Waals surface area contributed by atoms with Crippen molar-refractivity contribution in [1.29, 1.82) is 0 Å². The van der Waals surface area contributed by atoms with Crippen LogP contribution in [0.4, 0.5) is 0 Å². The molecule has 0 aromatic carbocycles. The lowest BCUT2D eigenvalue weighted by Crippen LogP contribution is -2.28. The summed E-state index contributed by atoms with van der Waals surface area (Å²) < 4.78 is 0. The second-order valence-electron chi connectivity index (χ2n) is 5.69. The van der Waals surface area contributed by atoms with E-state index in [0.717, 1.165) is 6.04 Å². The normalized spacial score (nSPS) is 25.4. The fourth-order valence-electron chi connectivity index (χ4n) is 2.14. The largest absolute Gasteiger partial charge is 0.301 e. The molecule has 13 heavy (non-hydrogen) atoms. The highest BCUT2D eigenvalue weighted by Gasteiger charge is 2.20. The molecule has 0 N–H and O–H groups in total. The van der Waals surface area contributed by atoms with E-state index in [0.29, 0.717) is 5.41 Å². The maximum atomic E-state index is 2.64. The summed E-state index contributed by atoms with van der Waals surface area (Å²) in [6.45, 7) is 12.0. The standard InChI is InChI=1S/C12H25N/c1-11-7-5-9-13(11)10-6-8-12(2,3)4/h11H,5-10H2,1-4H3/t11-/m0/s1. The zero-order valence-electron chi connectivity index (χ0n) is 9.77. The molecule has 0 amide bonds. The van der Waals surface area contributed by atoms with Crippen LogP contribution >= 0.6 is 0 Å². The first-order chi connectivity index (χ1) is 5.99. The van der Waals surface area contributed by atoms with Gasteiger partial charge in [0, 0.05) is 6.04 Å². The molecule has 1 fully saturated rings. The van der Waals surface area contributed by atoms with Crippen LogP contribution in [-0.2, 0) is 0 Å². The zero-order chi connectivity index (χ0) is 9.90. The highest BCUT2D eigenvalue weighted by atomic mass is 15.2. The molecule has 1 rings (SSSR count). The number of hydrogen-bond donors (Lipinski definition) is 0. The van der Waals surface area contributed by atoms with Crippen molar-refractivity contribution in [3.05, 3.63) is 0 Å². The van der Waals surface area contributed by atoms with Crippen LogP contribution in [0.15, 0.2) is 0 Å². The van der Waals surface area contributed by atoms with Gasteiger partial charge in [-0.1, -0.05) is 20.8 Å². The van der Waals surface area contributed by atoms with Crippen LogP contribution in [0.5, 0.6) is 0 Å². The Balaban J connectivity index is 2.12. The molecule has 0 aliphatic carbocycles. The topological polar surface area (TPSA) is 3.24 Å². The predicted octanol–water partition coefficient (Wildman–Crippen LogP) is 3.30. The molecule has 1 heteroatoms. The minimum atomic E-state index is 0.517. The number of hydrogen-bond acceptors (Lipinski definition) is 1. The van der Waals surface area contributed by atoms with E-state index in [1.165, 1.54) is 38.8 Å². The maximum Gasteiger partial charge on any atom is 0.00674 e. The van der Waals surface area contributed by atoms with Crippen LogP contribution < -0.4 is 0 Å². The Hall–Kier alpha value is -0.0400. The van der Waals surface area contributed by atoms with E-state index in [2.05, 4.69) is 32.6 Å². The van der Waals surface area contributed by atoms with Crippen LogP contribution in [-0.4, -0.2) is 24.0 Å². The van der Waals surface area contributed by atoms with Gasteiger partial charge in [0.05, 0.1) is 0 Å². The van der Waals surface area contributed by atoms with E-state index in [4.69, 9.17) is 0 Å². The Morgan fingerprint density at radius 3 is 2.46 bits per heavy atom. The second kappa shape index (κ2) is 4.45. The molecule has 0 radical (unpaired) electrons. The first kappa shape index (κ1) is 11.0. The maximum absolute atomic E-state index is 2.64. The summed E-state index contributed by atoms with van der Waals surface area (Å²) in [6, 6.07) is 0.847. The summed E-state index contributed by atoms with van der Waals surface area (Å²) in [4.78, 5) is 2.64. The molecule has 1 aliphatic rings. The third kappa shape index (κ3) is 4.12. The minimum absolute atomic E-state index is 0.517. The summed E-state index contributed by atoms with van der Waals surface area (Å²) >= 11 is 0. The van der Waals surface area contributed by atoms with Gasteiger partial charge in [-0.05, 0) is 51.1 Å². The summed E-state index contributed by atoms with van der Waals surface area (Å²) in [5.74, 6) is 0. The molecule has 0 aromatic rings. The highest BCUT2D eigenvalue weighted by molar-refractivity contribution is 4.75. The first-order valence-electron chi connectivity index (χ1n) is 5.73. The Bertz CT molecular complexity index is 146. The van der Waals surface area contributed by atoms with Gasteiger partial charge in [0.15, 0.2) is 0 Å². The van der Waals surface area contributed by atoms with Crippen molar-refractivity contribution in [2.75, 3.05) is 13.1 Å². The molecule has 1 nitrogen and oxygen atoms in total. The van der Waals surface area contributed by atoms with Crippen molar-refractivity contribution in [1.82, 2.24) is 4.90 Å². The third-order valence-electron chi connectivity index (χ3n) is 3.06. The Kier molecular flexibility index (Phi) is 3.78. The molecule has 1 atom stereocenters. The Morgan fingerprint density at radius 2 is 2.00 bits per heavy atom. The van der Waals surface area contributed by atoms with Crippen LogP contribution in [0.25, 0.3) is 0 Å². The van der Waals surface area contributed by atoms with Gasteiger partial charge < -0.3 is 4.90 Å². The van der Waals surface area contributed by atoms with Gasteiger partial charge in [0.2, 0.25) is 0 Å². The van der Waals surface area contributed by atoms with E-state index in [9.17, 15) is 0 Å². The lowest BCUT2D eigenvalue weighted by Gasteiger charge is -2.24. The molecular formula is C12H25N. The number of nitrogens with zero attached hydrogens (tertiary/aromatic N) is 1. The van der Waals surface area contributed by atoms with Crippen LogP contribution in [0.1, 0.15) is 53.4 Å². The Labute approximate surface area is 83.5 Å². The van der Waals surface area contributed by atoms with Crippen LogP contribution in [0, 0.1) is 5.41 Å². The molecular weight excluding hydrogens is 158 g/mol. The lowest BCUT2D eigenvalue weighted by atomic mass is 9.90. The van der Waals surface area contributed by atoms with Gasteiger partial charge in [-0.2, -0.15) is 0 Å². The van der Waals surface area contributed by atoms with Crippen molar-refractivity contribution in [3.63, 3.8) is 0 Å². The van der Waals surface area contributed by atoms with Crippen molar-refractivity contribution >= 4 is 0 Å². The summed E-state index contributed by atoms with van der Waals surface area (Å²) in [6.07, 6.45) is 5.55. The predicted molar refractivity (Wildman–Crippen MR) is 59.0 cm³/mol. The van der Waals surface area contributed by atoms with Crippen molar-refractivity contribution < 1.29 is 0 Å². The van der Waals surface area contributed by atoms with Gasteiger partial charge in [-0.15, -0.1) is 0 Å². The number of rotatable bonds is 3.